The first kappa shape index (κ1) is 12.1. The first-order chi connectivity index (χ1) is 4.50. The number of rotatable bonds is 2. The van der Waals surface area contributed by atoms with Crippen LogP contribution >= 0.6 is 0 Å². The molecule has 0 spiro atoms. The van der Waals surface area contributed by atoms with Crippen LogP contribution in [0.5, 0.6) is 0 Å². The molecule has 0 bridgehead atoms. The molecule has 3 nitrogen and oxygen atoms in total. The van der Waals surface area contributed by atoms with Gasteiger partial charge in [0.2, 0.25) is 5.91 Å². The van der Waals surface area contributed by atoms with Crippen LogP contribution in [0.3, 0.4) is 0 Å². The van der Waals surface area contributed by atoms with Crippen molar-refractivity contribution in [1.82, 2.24) is 0 Å². The summed E-state index contributed by atoms with van der Waals surface area (Å²) in [5.41, 5.74) is 9.63. The summed E-state index contributed by atoms with van der Waals surface area (Å²) in [6.07, 6.45) is 0. The van der Waals surface area contributed by atoms with Crippen LogP contribution in [0.1, 0.15) is 27.7 Å². The first-order valence-electron chi connectivity index (χ1n) is 3.50. The van der Waals surface area contributed by atoms with Crippen molar-refractivity contribution in [2.24, 2.45) is 16.9 Å². The van der Waals surface area contributed by atoms with E-state index in [2.05, 4.69) is 0 Å². The van der Waals surface area contributed by atoms with Crippen molar-refractivity contribution < 1.29 is 4.79 Å². The van der Waals surface area contributed by atoms with Crippen LogP contribution in [0, 0.1) is 5.41 Å². The van der Waals surface area contributed by atoms with Gasteiger partial charge in [-0.1, -0.05) is 13.8 Å². The van der Waals surface area contributed by atoms with Gasteiger partial charge in [-0.15, -0.1) is 0 Å². The van der Waals surface area contributed by atoms with Crippen molar-refractivity contribution in [3.63, 3.8) is 0 Å². The molecule has 0 aromatic rings. The Morgan fingerprint density at radius 3 is 1.70 bits per heavy atom. The largest absolute Gasteiger partial charge is 0.369 e. The normalized spacial score (nSPS) is 9.70. The SMILES string of the molecule is CC.CC(C)(CN)C(N)=O. The highest BCUT2D eigenvalue weighted by Crippen LogP contribution is 2.09. The molecule has 0 unspecified atom stereocenters. The third-order valence-electron chi connectivity index (χ3n) is 1.18. The number of primary amides is 1. The highest BCUT2D eigenvalue weighted by Gasteiger charge is 2.21. The Kier molecular flexibility index (Phi) is 6.35. The summed E-state index contributed by atoms with van der Waals surface area (Å²) < 4.78 is 0. The molecule has 3 heteroatoms. The molecular weight excluding hydrogens is 128 g/mol. The van der Waals surface area contributed by atoms with E-state index in [1.165, 1.54) is 0 Å². The van der Waals surface area contributed by atoms with Gasteiger partial charge in [0.25, 0.3) is 0 Å². The lowest BCUT2D eigenvalue weighted by molar-refractivity contribution is -0.125. The summed E-state index contributed by atoms with van der Waals surface area (Å²) in [6, 6.07) is 0. The Hall–Kier alpha value is -0.570. The van der Waals surface area contributed by atoms with E-state index < -0.39 is 5.41 Å². The Morgan fingerprint density at radius 2 is 1.70 bits per heavy atom. The number of carbonyl (C=O) groups excluding carboxylic acids is 1. The molecule has 0 aliphatic heterocycles. The Balaban J connectivity index is 0. The summed E-state index contributed by atoms with van der Waals surface area (Å²) in [5, 5.41) is 0. The predicted molar refractivity (Wildman–Crippen MR) is 43.4 cm³/mol. The maximum atomic E-state index is 10.4. The van der Waals surface area contributed by atoms with Gasteiger partial charge in [0, 0.05) is 6.54 Å². The van der Waals surface area contributed by atoms with Crippen LogP contribution in [0.4, 0.5) is 0 Å². The van der Waals surface area contributed by atoms with Crippen molar-refractivity contribution in [2.45, 2.75) is 27.7 Å². The van der Waals surface area contributed by atoms with Crippen molar-refractivity contribution >= 4 is 5.91 Å². The monoisotopic (exact) mass is 146 g/mol. The molecule has 4 N–H and O–H groups in total. The standard InChI is InChI=1S/C5H12N2O.C2H6/c1-5(2,3-6)4(7)8;1-2/h3,6H2,1-2H3,(H2,7,8);1-2H3. The van der Waals surface area contributed by atoms with E-state index in [1.807, 2.05) is 13.8 Å². The molecule has 0 radical (unpaired) electrons. The molecule has 0 aromatic heterocycles. The van der Waals surface area contributed by atoms with Crippen LogP contribution in [0.25, 0.3) is 0 Å². The second kappa shape index (κ2) is 5.23. The molecule has 0 atom stereocenters. The van der Waals surface area contributed by atoms with Crippen molar-refractivity contribution in [3.8, 4) is 0 Å². The number of carbonyl (C=O) groups is 1. The molecule has 0 fully saturated rings. The minimum atomic E-state index is -0.542. The summed E-state index contributed by atoms with van der Waals surface area (Å²) in [4.78, 5) is 10.4. The van der Waals surface area contributed by atoms with E-state index >= 15 is 0 Å². The van der Waals surface area contributed by atoms with Crippen molar-refractivity contribution in [3.05, 3.63) is 0 Å². The third kappa shape index (κ3) is 4.32. The lowest BCUT2D eigenvalue weighted by Crippen LogP contribution is -2.37. The maximum absolute atomic E-state index is 10.4. The topological polar surface area (TPSA) is 69.1 Å². The minimum absolute atomic E-state index is 0.308. The van der Waals surface area contributed by atoms with Gasteiger partial charge in [-0.25, -0.2) is 0 Å². The second-order valence-corrected chi connectivity index (χ2v) is 2.45. The van der Waals surface area contributed by atoms with Crippen LogP contribution in [-0.4, -0.2) is 12.5 Å². The lowest BCUT2D eigenvalue weighted by Gasteiger charge is -2.16. The van der Waals surface area contributed by atoms with E-state index in [0.29, 0.717) is 6.54 Å². The van der Waals surface area contributed by atoms with Crippen LogP contribution in [0.15, 0.2) is 0 Å². The zero-order valence-electron chi connectivity index (χ0n) is 7.27. The molecule has 0 aromatic carbocycles. The van der Waals surface area contributed by atoms with Gasteiger partial charge < -0.3 is 11.5 Å². The number of hydrogen-bond acceptors (Lipinski definition) is 2. The number of hydrogen-bond donors (Lipinski definition) is 2. The quantitative estimate of drug-likeness (QED) is 0.595. The van der Waals surface area contributed by atoms with Crippen LogP contribution in [-0.2, 0) is 4.79 Å². The van der Waals surface area contributed by atoms with Gasteiger partial charge in [0.1, 0.15) is 0 Å². The van der Waals surface area contributed by atoms with Crippen molar-refractivity contribution in [2.75, 3.05) is 6.54 Å². The van der Waals surface area contributed by atoms with Crippen LogP contribution in [0.2, 0.25) is 0 Å². The Morgan fingerprint density at radius 1 is 1.40 bits per heavy atom. The predicted octanol–water partition coefficient (Wildman–Crippen LogP) is 0.483. The van der Waals surface area contributed by atoms with E-state index in [9.17, 15) is 4.79 Å². The lowest BCUT2D eigenvalue weighted by atomic mass is 9.93. The fourth-order valence-corrected chi connectivity index (χ4v) is 0.101. The van der Waals surface area contributed by atoms with Gasteiger partial charge >= 0.3 is 0 Å². The maximum Gasteiger partial charge on any atom is 0.224 e. The van der Waals surface area contributed by atoms with Crippen LogP contribution < -0.4 is 11.5 Å². The van der Waals surface area contributed by atoms with Gasteiger partial charge in [0.05, 0.1) is 5.41 Å². The zero-order valence-corrected chi connectivity index (χ0v) is 7.27. The van der Waals surface area contributed by atoms with E-state index in [-0.39, 0.29) is 5.91 Å². The van der Waals surface area contributed by atoms with Gasteiger partial charge in [-0.3, -0.25) is 4.79 Å². The minimum Gasteiger partial charge on any atom is -0.369 e. The first-order valence-corrected chi connectivity index (χ1v) is 3.50. The summed E-state index contributed by atoms with van der Waals surface area (Å²) in [6.45, 7) is 7.74. The number of amides is 1. The molecule has 0 rings (SSSR count). The third-order valence-corrected chi connectivity index (χ3v) is 1.18. The molecule has 0 aliphatic carbocycles. The molecular formula is C7H18N2O. The Bertz CT molecular complexity index is 99.8. The molecule has 62 valence electrons. The second-order valence-electron chi connectivity index (χ2n) is 2.45. The molecule has 0 saturated heterocycles. The highest BCUT2D eigenvalue weighted by atomic mass is 16.1. The van der Waals surface area contributed by atoms with Gasteiger partial charge in [-0.2, -0.15) is 0 Å². The smallest absolute Gasteiger partial charge is 0.224 e. The molecule has 1 amide bonds. The summed E-state index contributed by atoms with van der Waals surface area (Å²) in [5.74, 6) is -0.347. The van der Waals surface area contributed by atoms with Gasteiger partial charge in [0.15, 0.2) is 0 Å². The Labute approximate surface area is 62.8 Å². The highest BCUT2D eigenvalue weighted by molar-refractivity contribution is 5.80. The summed E-state index contributed by atoms with van der Waals surface area (Å²) >= 11 is 0. The van der Waals surface area contributed by atoms with E-state index in [1.54, 1.807) is 13.8 Å². The molecule has 0 saturated carbocycles. The molecule has 0 aliphatic rings. The summed E-state index contributed by atoms with van der Waals surface area (Å²) in [7, 11) is 0. The fraction of sp³-hybridized carbons (Fsp3) is 0.857. The number of nitrogens with two attached hydrogens (primary N) is 2. The van der Waals surface area contributed by atoms with E-state index in [4.69, 9.17) is 11.5 Å². The van der Waals surface area contributed by atoms with E-state index in [0.717, 1.165) is 0 Å². The van der Waals surface area contributed by atoms with Gasteiger partial charge in [-0.05, 0) is 13.8 Å². The molecule has 0 heterocycles. The van der Waals surface area contributed by atoms with Crippen molar-refractivity contribution in [1.29, 1.82) is 0 Å². The molecule has 10 heavy (non-hydrogen) atoms. The average Bonchev–Trinajstić information content (AvgIpc) is 1.92. The fourth-order valence-electron chi connectivity index (χ4n) is 0.101. The average molecular weight is 146 g/mol. The zero-order chi connectivity index (χ0) is 8.78.